The molecule has 0 unspecified atom stereocenters. The highest BCUT2D eigenvalue weighted by molar-refractivity contribution is 6.27. The van der Waals surface area contributed by atoms with Gasteiger partial charge in [0.25, 0.3) is 0 Å². The van der Waals surface area contributed by atoms with E-state index < -0.39 is 0 Å². The fraction of sp³-hybridized carbons (Fsp3) is 0. The van der Waals surface area contributed by atoms with Gasteiger partial charge in [0.1, 0.15) is 0 Å². The van der Waals surface area contributed by atoms with Crippen LogP contribution >= 0.6 is 0 Å². The Kier molecular flexibility index (Phi) is 7.47. The molecule has 0 spiro atoms. The third-order valence-corrected chi connectivity index (χ3v) is 11.7. The summed E-state index contributed by atoms with van der Waals surface area (Å²) >= 11 is 0. The number of aromatic nitrogens is 5. The molecule has 0 bridgehead atoms. The lowest BCUT2D eigenvalue weighted by atomic mass is 10.1. The summed E-state index contributed by atoms with van der Waals surface area (Å²) in [4.78, 5) is 10.4. The standard InChI is InChI=1S/C54H35N5/c1-5-16-36(17-6-1)46-34-47(37-18-7-2-8-19-37)56-54(55-46)39-20-15-25-42(32-39)59-48-27-14-13-26-43(48)44-28-29-49-52(53(44)59)45-33-38-30-31-57(40-21-9-3-10-22-40)50(38)35-51(45)58(49)41-23-11-4-12-24-41/h1-35H. The Morgan fingerprint density at radius 3 is 1.66 bits per heavy atom. The monoisotopic (exact) mass is 753 g/mol. The average molecular weight is 754 g/mol. The maximum absolute atomic E-state index is 5.20. The molecule has 0 N–H and O–H groups in total. The molecule has 0 saturated carbocycles. The summed E-state index contributed by atoms with van der Waals surface area (Å²) in [5.41, 5.74) is 13.9. The lowest BCUT2D eigenvalue weighted by Crippen LogP contribution is -1.98. The molecule has 0 amide bonds. The molecule has 4 aromatic heterocycles. The lowest BCUT2D eigenvalue weighted by molar-refractivity contribution is 1.12. The highest BCUT2D eigenvalue weighted by Gasteiger charge is 2.22. The molecule has 0 atom stereocenters. The number of para-hydroxylation sites is 3. The van der Waals surface area contributed by atoms with Gasteiger partial charge in [0.2, 0.25) is 0 Å². The van der Waals surface area contributed by atoms with Crippen molar-refractivity contribution < 1.29 is 0 Å². The first-order chi connectivity index (χ1) is 29.3. The van der Waals surface area contributed by atoms with Gasteiger partial charge in [-0.1, -0.05) is 133 Å². The molecule has 0 fully saturated rings. The van der Waals surface area contributed by atoms with Crippen LogP contribution in [0.15, 0.2) is 212 Å². The van der Waals surface area contributed by atoms with Crippen LogP contribution in [0.1, 0.15) is 0 Å². The van der Waals surface area contributed by atoms with Crippen LogP contribution in [0.25, 0.3) is 105 Å². The molecule has 12 aromatic rings. The van der Waals surface area contributed by atoms with Crippen LogP contribution in [0.4, 0.5) is 0 Å². The van der Waals surface area contributed by atoms with Crippen LogP contribution in [-0.4, -0.2) is 23.7 Å². The van der Waals surface area contributed by atoms with Crippen molar-refractivity contribution in [3.05, 3.63) is 212 Å². The number of nitrogens with zero attached hydrogens (tertiary/aromatic N) is 5. The SMILES string of the molecule is c1ccc(-c2cc(-c3ccccc3)nc(-c3cccc(-n4c5ccccc5c5ccc6c(c7cc8ccn(-c9ccccc9)c8cc7n6-c6ccccc6)c54)c3)n2)cc1. The molecule has 8 aromatic carbocycles. The first-order valence-corrected chi connectivity index (χ1v) is 20.0. The van der Waals surface area contributed by atoms with Crippen LogP contribution in [0.2, 0.25) is 0 Å². The highest BCUT2D eigenvalue weighted by Crippen LogP contribution is 2.43. The minimum atomic E-state index is 0.684. The molecule has 5 heteroatoms. The van der Waals surface area contributed by atoms with Gasteiger partial charge in [-0.15, -0.1) is 0 Å². The Morgan fingerprint density at radius 1 is 0.339 bits per heavy atom. The van der Waals surface area contributed by atoms with Crippen molar-refractivity contribution in [3.8, 4) is 51.0 Å². The smallest absolute Gasteiger partial charge is 0.160 e. The first kappa shape index (κ1) is 33.2. The summed E-state index contributed by atoms with van der Waals surface area (Å²) in [6, 6.07) is 73.2. The van der Waals surface area contributed by atoms with Gasteiger partial charge in [-0.2, -0.15) is 0 Å². The van der Waals surface area contributed by atoms with Crippen molar-refractivity contribution >= 4 is 54.5 Å². The van der Waals surface area contributed by atoms with Crippen LogP contribution < -0.4 is 0 Å². The number of hydrogen-bond donors (Lipinski definition) is 0. The van der Waals surface area contributed by atoms with Crippen molar-refractivity contribution in [1.29, 1.82) is 0 Å². The second-order valence-corrected chi connectivity index (χ2v) is 15.1. The van der Waals surface area contributed by atoms with E-state index in [-0.39, 0.29) is 0 Å². The summed E-state index contributed by atoms with van der Waals surface area (Å²) in [7, 11) is 0. The summed E-state index contributed by atoms with van der Waals surface area (Å²) in [6.07, 6.45) is 2.18. The van der Waals surface area contributed by atoms with Crippen molar-refractivity contribution in [2.75, 3.05) is 0 Å². The van der Waals surface area contributed by atoms with E-state index in [0.29, 0.717) is 5.82 Å². The third-order valence-electron chi connectivity index (χ3n) is 11.7. The normalized spacial score (nSPS) is 11.7. The van der Waals surface area contributed by atoms with E-state index in [1.165, 1.54) is 38.0 Å². The van der Waals surface area contributed by atoms with Crippen molar-refractivity contribution in [2.24, 2.45) is 0 Å². The summed E-state index contributed by atoms with van der Waals surface area (Å²) in [5, 5.41) is 6.03. The molecule has 0 radical (unpaired) electrons. The molecule has 12 rings (SSSR count). The molecule has 59 heavy (non-hydrogen) atoms. The van der Waals surface area contributed by atoms with E-state index in [1.807, 2.05) is 12.1 Å². The zero-order chi connectivity index (χ0) is 38.9. The highest BCUT2D eigenvalue weighted by atomic mass is 15.0. The van der Waals surface area contributed by atoms with Crippen molar-refractivity contribution in [2.45, 2.75) is 0 Å². The number of hydrogen-bond acceptors (Lipinski definition) is 2. The van der Waals surface area contributed by atoms with Crippen LogP contribution in [0.3, 0.4) is 0 Å². The van der Waals surface area contributed by atoms with E-state index >= 15 is 0 Å². The Labute approximate surface area is 340 Å². The predicted molar refractivity (Wildman–Crippen MR) is 244 cm³/mol. The molecular formula is C54H35N5. The van der Waals surface area contributed by atoms with Crippen LogP contribution in [0, 0.1) is 0 Å². The van der Waals surface area contributed by atoms with Gasteiger partial charge in [-0.05, 0) is 72.8 Å². The topological polar surface area (TPSA) is 40.6 Å². The minimum Gasteiger partial charge on any atom is -0.316 e. The quantitative estimate of drug-likeness (QED) is 0.170. The molecular weight excluding hydrogens is 719 g/mol. The van der Waals surface area contributed by atoms with E-state index in [0.717, 1.165) is 61.7 Å². The zero-order valence-corrected chi connectivity index (χ0v) is 31.9. The Balaban J connectivity index is 1.14. The maximum Gasteiger partial charge on any atom is 0.160 e. The fourth-order valence-corrected chi connectivity index (χ4v) is 9.00. The van der Waals surface area contributed by atoms with Gasteiger partial charge < -0.3 is 13.7 Å². The van der Waals surface area contributed by atoms with Crippen LogP contribution in [0.5, 0.6) is 0 Å². The molecule has 276 valence electrons. The van der Waals surface area contributed by atoms with Crippen molar-refractivity contribution in [3.63, 3.8) is 0 Å². The maximum atomic E-state index is 5.20. The molecule has 0 aliphatic rings. The van der Waals surface area contributed by atoms with Gasteiger partial charge in [0, 0.05) is 66.9 Å². The van der Waals surface area contributed by atoms with Crippen molar-refractivity contribution in [1.82, 2.24) is 23.7 Å². The Hall–Kier alpha value is -8.02. The Bertz CT molecular complexity index is 3470. The summed E-state index contributed by atoms with van der Waals surface area (Å²) in [6.45, 7) is 0. The fourth-order valence-electron chi connectivity index (χ4n) is 9.00. The van der Waals surface area contributed by atoms with Gasteiger partial charge in [-0.3, -0.25) is 0 Å². The molecule has 4 heterocycles. The third kappa shape index (κ3) is 5.33. The molecule has 5 nitrogen and oxygen atoms in total. The van der Waals surface area contributed by atoms with Gasteiger partial charge in [0.05, 0.1) is 39.0 Å². The summed E-state index contributed by atoms with van der Waals surface area (Å²) < 4.78 is 7.17. The zero-order valence-electron chi connectivity index (χ0n) is 31.9. The van der Waals surface area contributed by atoms with Gasteiger partial charge in [-0.25, -0.2) is 9.97 Å². The number of fused-ring (bicyclic) bond motifs is 8. The second kappa shape index (κ2) is 13.3. The molecule has 0 aliphatic carbocycles. The number of rotatable bonds is 6. The van der Waals surface area contributed by atoms with Gasteiger partial charge >= 0.3 is 0 Å². The molecule has 0 aliphatic heterocycles. The van der Waals surface area contributed by atoms with E-state index in [1.54, 1.807) is 0 Å². The average Bonchev–Trinajstić information content (AvgIpc) is 3.99. The predicted octanol–water partition coefficient (Wildman–Crippen LogP) is 13.6. The molecule has 0 saturated heterocycles. The van der Waals surface area contributed by atoms with Crippen LogP contribution in [-0.2, 0) is 0 Å². The van der Waals surface area contributed by atoms with E-state index in [9.17, 15) is 0 Å². The summed E-state index contributed by atoms with van der Waals surface area (Å²) in [5.74, 6) is 0.684. The van der Waals surface area contributed by atoms with Gasteiger partial charge in [0.15, 0.2) is 5.82 Å². The second-order valence-electron chi connectivity index (χ2n) is 15.1. The first-order valence-electron chi connectivity index (χ1n) is 20.0. The lowest BCUT2D eigenvalue weighted by Gasteiger charge is -2.13. The largest absolute Gasteiger partial charge is 0.316 e. The van der Waals surface area contributed by atoms with E-state index in [4.69, 9.17) is 9.97 Å². The van der Waals surface area contributed by atoms with E-state index in [2.05, 4.69) is 214 Å². The minimum absolute atomic E-state index is 0.684. The Morgan fingerprint density at radius 2 is 0.949 bits per heavy atom. The number of benzene rings is 8.